The zero-order chi connectivity index (χ0) is 23.8. The highest BCUT2D eigenvalue weighted by Gasteiger charge is 2.27. The van der Waals surface area contributed by atoms with E-state index in [4.69, 9.17) is 10.4 Å². The average Bonchev–Trinajstić information content (AvgIpc) is 3.66. The van der Waals surface area contributed by atoms with Gasteiger partial charge in [0.05, 0.1) is 11.3 Å². The second-order valence-corrected chi connectivity index (χ2v) is 8.09. The number of allylic oxidation sites excluding steroid dienone is 5. The first-order chi connectivity index (χ1) is 16.4. The van der Waals surface area contributed by atoms with Crippen LogP contribution in [0.1, 0.15) is 30.1 Å². The summed E-state index contributed by atoms with van der Waals surface area (Å²) in [5.41, 5.74) is 3.49. The van der Waals surface area contributed by atoms with Crippen LogP contribution in [-0.4, -0.2) is 34.0 Å². The second kappa shape index (κ2) is 8.66. The first kappa shape index (κ1) is 21.7. The Morgan fingerprint density at radius 3 is 2.65 bits per heavy atom. The van der Waals surface area contributed by atoms with Gasteiger partial charge in [0.25, 0.3) is 0 Å². The van der Waals surface area contributed by atoms with Crippen molar-refractivity contribution in [3.8, 4) is 16.9 Å². The Labute approximate surface area is 193 Å². The summed E-state index contributed by atoms with van der Waals surface area (Å²) in [5.74, 6) is 0.376. The highest BCUT2D eigenvalue weighted by molar-refractivity contribution is 6.13. The lowest BCUT2D eigenvalue weighted by Crippen LogP contribution is -2.20. The Morgan fingerprint density at radius 2 is 1.97 bits per heavy atom. The summed E-state index contributed by atoms with van der Waals surface area (Å²) in [6.07, 6.45) is 10.6. The molecular formula is C25H21F2N5O2. The van der Waals surface area contributed by atoms with Gasteiger partial charge in [-0.3, -0.25) is 4.79 Å². The maximum absolute atomic E-state index is 13.8. The van der Waals surface area contributed by atoms with Crippen LogP contribution in [0.2, 0.25) is 0 Å². The van der Waals surface area contributed by atoms with Crippen molar-refractivity contribution in [3.05, 3.63) is 88.1 Å². The van der Waals surface area contributed by atoms with Gasteiger partial charge in [-0.05, 0) is 48.8 Å². The standard InChI is InChI=1S/C25H21F2N5O2/c1-29-13-17-12-16(6-9-19(17)28)22-23(33)21(15-4-7-18(8-5-15)34-25(26)27)24-30-20(14-2-3-14)10-11-32(24)31-22/h4-14,25,28-29H,2-3H2,1H3/b17-13-,28-19?. The maximum Gasteiger partial charge on any atom is 0.387 e. The molecule has 7 nitrogen and oxygen atoms in total. The average molecular weight is 461 g/mol. The molecule has 2 heterocycles. The molecule has 1 saturated carbocycles. The van der Waals surface area contributed by atoms with Gasteiger partial charge in [0.1, 0.15) is 11.4 Å². The van der Waals surface area contributed by atoms with E-state index in [2.05, 4.69) is 15.2 Å². The van der Waals surface area contributed by atoms with E-state index in [9.17, 15) is 13.6 Å². The zero-order valence-electron chi connectivity index (χ0n) is 18.3. The van der Waals surface area contributed by atoms with Gasteiger partial charge in [-0.1, -0.05) is 18.2 Å². The molecule has 2 aromatic heterocycles. The van der Waals surface area contributed by atoms with Crippen LogP contribution in [0, 0.1) is 5.41 Å². The molecular weight excluding hydrogens is 440 g/mol. The molecule has 2 N–H and O–H groups in total. The number of hydrogen-bond donors (Lipinski definition) is 2. The predicted molar refractivity (Wildman–Crippen MR) is 125 cm³/mol. The van der Waals surface area contributed by atoms with Gasteiger partial charge >= 0.3 is 6.61 Å². The summed E-state index contributed by atoms with van der Waals surface area (Å²) in [4.78, 5) is 18.5. The second-order valence-electron chi connectivity index (χ2n) is 8.09. The highest BCUT2D eigenvalue weighted by Crippen LogP contribution is 2.39. The number of hydrogen-bond acceptors (Lipinski definition) is 6. The lowest BCUT2D eigenvalue weighted by molar-refractivity contribution is -0.0498. The van der Waals surface area contributed by atoms with Crippen LogP contribution in [-0.2, 0) is 0 Å². The Balaban J connectivity index is 1.71. The normalized spacial score (nSPS) is 16.9. The zero-order valence-corrected chi connectivity index (χ0v) is 18.3. The first-order valence-corrected chi connectivity index (χ1v) is 10.8. The number of aromatic nitrogens is 3. The molecule has 0 atom stereocenters. The molecule has 172 valence electrons. The Bertz CT molecular complexity index is 1430. The summed E-state index contributed by atoms with van der Waals surface area (Å²) in [6.45, 7) is -2.93. The molecule has 0 radical (unpaired) electrons. The number of halogens is 2. The van der Waals surface area contributed by atoms with Gasteiger partial charge in [0, 0.05) is 42.2 Å². The smallest absolute Gasteiger partial charge is 0.387 e. The molecule has 9 heteroatoms. The Hall–Kier alpha value is -4.14. The number of ether oxygens (including phenoxy) is 1. The lowest BCUT2D eigenvalue weighted by atomic mass is 9.96. The van der Waals surface area contributed by atoms with Crippen molar-refractivity contribution >= 4 is 16.9 Å². The number of nitrogens with one attached hydrogen (secondary N) is 2. The quantitative estimate of drug-likeness (QED) is 0.571. The summed E-state index contributed by atoms with van der Waals surface area (Å²) >= 11 is 0. The SMILES string of the molecule is CN/C=C1/C=C(c2nn3ccc(C4CC4)nc3c(-c3ccc(OC(F)F)cc3)c2=O)C=CC1=N. The molecule has 1 fully saturated rings. The van der Waals surface area contributed by atoms with Crippen LogP contribution < -0.4 is 15.5 Å². The summed E-state index contributed by atoms with van der Waals surface area (Å²) < 4.78 is 31.2. The minimum atomic E-state index is -2.93. The van der Waals surface area contributed by atoms with E-state index in [-0.39, 0.29) is 16.9 Å². The van der Waals surface area contributed by atoms with Crippen molar-refractivity contribution in [3.63, 3.8) is 0 Å². The van der Waals surface area contributed by atoms with Crippen LogP contribution >= 0.6 is 0 Å². The van der Waals surface area contributed by atoms with Crippen molar-refractivity contribution in [1.82, 2.24) is 19.9 Å². The first-order valence-electron chi connectivity index (χ1n) is 10.8. The van der Waals surface area contributed by atoms with Crippen molar-refractivity contribution < 1.29 is 13.5 Å². The number of rotatable bonds is 6. The number of fused-ring (bicyclic) bond motifs is 1. The van der Waals surface area contributed by atoms with Crippen LogP contribution in [0.15, 0.2) is 71.3 Å². The van der Waals surface area contributed by atoms with Crippen LogP contribution in [0.4, 0.5) is 8.78 Å². The van der Waals surface area contributed by atoms with Crippen LogP contribution in [0.25, 0.3) is 22.3 Å². The van der Waals surface area contributed by atoms with E-state index in [1.807, 2.05) is 6.07 Å². The van der Waals surface area contributed by atoms with Gasteiger partial charge in [-0.2, -0.15) is 13.9 Å². The molecule has 0 aliphatic heterocycles. The Morgan fingerprint density at radius 1 is 1.21 bits per heavy atom. The lowest BCUT2D eigenvalue weighted by Gasteiger charge is -2.14. The predicted octanol–water partition coefficient (Wildman–Crippen LogP) is 4.31. The fourth-order valence-corrected chi connectivity index (χ4v) is 3.90. The van der Waals surface area contributed by atoms with E-state index in [0.717, 1.165) is 18.5 Å². The molecule has 0 saturated heterocycles. The molecule has 2 aliphatic rings. The molecule has 0 unspecified atom stereocenters. The van der Waals surface area contributed by atoms with E-state index < -0.39 is 6.61 Å². The molecule has 0 spiro atoms. The van der Waals surface area contributed by atoms with Crippen molar-refractivity contribution in [2.45, 2.75) is 25.4 Å². The van der Waals surface area contributed by atoms with Gasteiger partial charge in [-0.15, -0.1) is 0 Å². The summed E-state index contributed by atoms with van der Waals surface area (Å²) in [5, 5.41) is 15.5. The molecule has 34 heavy (non-hydrogen) atoms. The number of nitrogens with zero attached hydrogens (tertiary/aromatic N) is 3. The van der Waals surface area contributed by atoms with Gasteiger partial charge in [0.2, 0.25) is 5.43 Å². The fraction of sp³-hybridized carbons (Fsp3) is 0.200. The van der Waals surface area contributed by atoms with E-state index in [0.29, 0.717) is 39.5 Å². The maximum atomic E-state index is 13.8. The third-order valence-electron chi connectivity index (χ3n) is 5.70. The highest BCUT2D eigenvalue weighted by atomic mass is 19.3. The van der Waals surface area contributed by atoms with Crippen molar-refractivity contribution in [2.75, 3.05) is 7.05 Å². The largest absolute Gasteiger partial charge is 0.435 e. The fourth-order valence-electron chi connectivity index (χ4n) is 3.90. The topological polar surface area (TPSA) is 92.4 Å². The molecule has 2 aliphatic carbocycles. The summed E-state index contributed by atoms with van der Waals surface area (Å²) in [6, 6.07) is 7.84. The molecule has 1 aromatic carbocycles. The molecule has 0 amide bonds. The summed E-state index contributed by atoms with van der Waals surface area (Å²) in [7, 11) is 1.73. The van der Waals surface area contributed by atoms with Gasteiger partial charge in [-0.25, -0.2) is 9.50 Å². The van der Waals surface area contributed by atoms with Crippen molar-refractivity contribution in [2.24, 2.45) is 0 Å². The minimum Gasteiger partial charge on any atom is -0.435 e. The number of alkyl halides is 2. The van der Waals surface area contributed by atoms with E-state index >= 15 is 0 Å². The third-order valence-corrected chi connectivity index (χ3v) is 5.70. The van der Waals surface area contributed by atoms with Crippen LogP contribution in [0.5, 0.6) is 5.75 Å². The van der Waals surface area contributed by atoms with E-state index in [1.54, 1.807) is 54.3 Å². The van der Waals surface area contributed by atoms with Crippen LogP contribution in [0.3, 0.4) is 0 Å². The Kier molecular flexibility index (Phi) is 5.53. The molecule has 5 rings (SSSR count). The minimum absolute atomic E-state index is 0.00217. The number of benzene rings is 1. The molecule has 0 bridgehead atoms. The van der Waals surface area contributed by atoms with Gasteiger partial charge in [0.15, 0.2) is 5.65 Å². The van der Waals surface area contributed by atoms with E-state index in [1.165, 1.54) is 12.1 Å². The van der Waals surface area contributed by atoms with Gasteiger partial charge < -0.3 is 15.5 Å². The third kappa shape index (κ3) is 4.12. The molecule has 3 aromatic rings. The van der Waals surface area contributed by atoms with Crippen molar-refractivity contribution in [1.29, 1.82) is 5.41 Å². The monoisotopic (exact) mass is 461 g/mol.